The summed E-state index contributed by atoms with van der Waals surface area (Å²) >= 11 is 0. The van der Waals surface area contributed by atoms with Crippen LogP contribution in [0.5, 0.6) is 0 Å². The third-order valence-electron chi connectivity index (χ3n) is 2.23. The van der Waals surface area contributed by atoms with Crippen LogP contribution >= 0.6 is 0 Å². The number of carboxylic acids is 1. The van der Waals surface area contributed by atoms with Gasteiger partial charge in [-0.1, -0.05) is 0 Å². The highest BCUT2D eigenvalue weighted by Gasteiger charge is 2.20. The lowest BCUT2D eigenvalue weighted by Crippen LogP contribution is -2.04. The number of nitrogens with zero attached hydrogens (tertiary/aromatic N) is 1. The van der Waals surface area contributed by atoms with E-state index in [-0.39, 0.29) is 12.2 Å². The van der Waals surface area contributed by atoms with Crippen molar-refractivity contribution in [3.8, 4) is 0 Å². The molecule has 0 aliphatic rings. The number of benzene rings is 1. The van der Waals surface area contributed by atoms with Gasteiger partial charge in [-0.15, -0.1) is 0 Å². The van der Waals surface area contributed by atoms with Gasteiger partial charge in [-0.3, -0.25) is 10.1 Å². The van der Waals surface area contributed by atoms with Gasteiger partial charge in [-0.25, -0.2) is 14.0 Å². The number of carboxylic acid groups (broad SMARTS) is 1. The van der Waals surface area contributed by atoms with Crippen molar-refractivity contribution >= 4 is 23.7 Å². The molecule has 0 heterocycles. The Morgan fingerprint density at radius 3 is 2.65 bits per heavy atom. The van der Waals surface area contributed by atoms with Crippen LogP contribution in [0.25, 0.3) is 6.08 Å². The van der Waals surface area contributed by atoms with E-state index in [2.05, 4.69) is 4.74 Å². The summed E-state index contributed by atoms with van der Waals surface area (Å²) in [7, 11) is 0. The van der Waals surface area contributed by atoms with Gasteiger partial charge >= 0.3 is 11.9 Å². The summed E-state index contributed by atoms with van der Waals surface area (Å²) in [6.07, 6.45) is 1.89. The van der Waals surface area contributed by atoms with E-state index in [1.807, 2.05) is 0 Å². The van der Waals surface area contributed by atoms with E-state index in [0.29, 0.717) is 12.1 Å². The molecule has 8 heteroatoms. The average molecular weight is 283 g/mol. The van der Waals surface area contributed by atoms with E-state index in [9.17, 15) is 24.1 Å². The van der Waals surface area contributed by atoms with Gasteiger partial charge in [0.1, 0.15) is 11.4 Å². The predicted molar refractivity (Wildman–Crippen MR) is 65.7 cm³/mol. The van der Waals surface area contributed by atoms with E-state index >= 15 is 0 Å². The molecule has 1 aromatic carbocycles. The fourth-order valence-electron chi connectivity index (χ4n) is 1.38. The first-order chi connectivity index (χ1) is 9.36. The molecule has 1 N–H and O–H groups in total. The molecule has 0 saturated carbocycles. The number of halogens is 1. The minimum absolute atomic E-state index is 0.123. The maximum atomic E-state index is 13.5. The molecule has 0 aliphatic heterocycles. The quantitative estimate of drug-likeness (QED) is 0.383. The van der Waals surface area contributed by atoms with Gasteiger partial charge in [0.25, 0.3) is 5.69 Å². The lowest BCUT2D eigenvalue weighted by Gasteiger charge is -2.02. The Balaban J connectivity index is 3.25. The van der Waals surface area contributed by atoms with Gasteiger partial charge in [0.15, 0.2) is 0 Å². The van der Waals surface area contributed by atoms with Crippen molar-refractivity contribution < 1.29 is 28.7 Å². The number of nitro benzene ring substituents is 1. The first-order valence-corrected chi connectivity index (χ1v) is 5.42. The molecular weight excluding hydrogens is 273 g/mol. The van der Waals surface area contributed by atoms with Crippen molar-refractivity contribution in [3.05, 3.63) is 45.3 Å². The first kappa shape index (κ1) is 15.3. The zero-order valence-corrected chi connectivity index (χ0v) is 10.3. The summed E-state index contributed by atoms with van der Waals surface area (Å²) in [6, 6.07) is 1.28. The first-order valence-electron chi connectivity index (χ1n) is 5.42. The Kier molecular flexibility index (Phi) is 4.90. The van der Waals surface area contributed by atoms with Crippen LogP contribution in [0.3, 0.4) is 0 Å². The fraction of sp³-hybridized carbons (Fsp3) is 0.167. The van der Waals surface area contributed by atoms with Crippen molar-refractivity contribution in [2.45, 2.75) is 6.92 Å². The molecule has 1 aromatic rings. The number of aromatic carboxylic acids is 1. The maximum absolute atomic E-state index is 13.5. The summed E-state index contributed by atoms with van der Waals surface area (Å²) in [5.74, 6) is -3.50. The summed E-state index contributed by atoms with van der Waals surface area (Å²) in [6.45, 7) is 1.70. The van der Waals surface area contributed by atoms with Crippen LogP contribution < -0.4 is 0 Å². The summed E-state index contributed by atoms with van der Waals surface area (Å²) < 4.78 is 18.0. The van der Waals surface area contributed by atoms with Crippen LogP contribution in [-0.2, 0) is 9.53 Å². The normalized spacial score (nSPS) is 10.5. The van der Waals surface area contributed by atoms with Crippen LogP contribution in [0.1, 0.15) is 22.8 Å². The second kappa shape index (κ2) is 6.41. The third kappa shape index (κ3) is 3.61. The second-order valence-electron chi connectivity index (χ2n) is 3.54. The smallest absolute Gasteiger partial charge is 0.338 e. The predicted octanol–water partition coefficient (Wildman–Crippen LogP) is 2.01. The minimum atomic E-state index is -1.62. The molecule has 0 amide bonds. The Labute approximate surface area is 112 Å². The average Bonchev–Trinajstić information content (AvgIpc) is 2.35. The monoisotopic (exact) mass is 283 g/mol. The van der Waals surface area contributed by atoms with Crippen LogP contribution in [-0.4, -0.2) is 28.6 Å². The van der Waals surface area contributed by atoms with Crippen LogP contribution in [0, 0.1) is 15.9 Å². The largest absolute Gasteiger partial charge is 0.478 e. The third-order valence-corrected chi connectivity index (χ3v) is 2.23. The zero-order valence-electron chi connectivity index (χ0n) is 10.3. The van der Waals surface area contributed by atoms with E-state index in [1.54, 1.807) is 6.92 Å². The van der Waals surface area contributed by atoms with Crippen LogP contribution in [0.2, 0.25) is 0 Å². The van der Waals surface area contributed by atoms with Crippen molar-refractivity contribution in [1.82, 2.24) is 0 Å². The van der Waals surface area contributed by atoms with Crippen molar-refractivity contribution in [3.63, 3.8) is 0 Å². The van der Waals surface area contributed by atoms with E-state index in [4.69, 9.17) is 5.11 Å². The SMILES string of the molecule is CCOC(=O)/C=C/c1cc(F)c(C(=O)O)cc1[N+](=O)[O-]. The van der Waals surface area contributed by atoms with Gasteiger partial charge in [0.2, 0.25) is 0 Å². The number of ether oxygens (including phenoxy) is 1. The number of hydrogen-bond donors (Lipinski definition) is 1. The molecule has 0 unspecified atom stereocenters. The molecule has 0 aromatic heterocycles. The Bertz CT molecular complexity index is 596. The molecule has 0 bridgehead atoms. The van der Waals surface area contributed by atoms with Crippen molar-refractivity contribution in [1.29, 1.82) is 0 Å². The summed E-state index contributed by atoms with van der Waals surface area (Å²) in [4.78, 5) is 31.7. The van der Waals surface area contributed by atoms with Gasteiger partial charge in [-0.2, -0.15) is 0 Å². The van der Waals surface area contributed by atoms with E-state index in [1.165, 1.54) is 0 Å². The van der Waals surface area contributed by atoms with Gasteiger partial charge in [0, 0.05) is 12.1 Å². The molecule has 1 rings (SSSR count). The molecule has 0 fully saturated rings. The Morgan fingerprint density at radius 1 is 1.50 bits per heavy atom. The highest BCUT2D eigenvalue weighted by atomic mass is 19.1. The standard InChI is InChI=1S/C12H10FNO6/c1-2-20-11(15)4-3-7-5-9(13)8(12(16)17)6-10(7)14(18)19/h3-6H,2H2,1H3,(H,16,17)/b4-3+. The van der Waals surface area contributed by atoms with Gasteiger partial charge < -0.3 is 9.84 Å². The Morgan fingerprint density at radius 2 is 2.15 bits per heavy atom. The fourth-order valence-corrected chi connectivity index (χ4v) is 1.38. The lowest BCUT2D eigenvalue weighted by atomic mass is 10.1. The molecule has 106 valence electrons. The topological polar surface area (TPSA) is 107 Å². The molecule has 0 aliphatic carbocycles. The summed E-state index contributed by atoms with van der Waals surface area (Å²) in [5, 5.41) is 19.5. The molecule has 20 heavy (non-hydrogen) atoms. The van der Waals surface area contributed by atoms with E-state index < -0.39 is 33.9 Å². The molecule has 0 spiro atoms. The molecule has 0 saturated heterocycles. The number of esters is 1. The van der Waals surface area contributed by atoms with Gasteiger partial charge in [0.05, 0.1) is 17.1 Å². The molecule has 0 radical (unpaired) electrons. The maximum Gasteiger partial charge on any atom is 0.338 e. The van der Waals surface area contributed by atoms with Gasteiger partial charge in [-0.05, 0) is 19.1 Å². The van der Waals surface area contributed by atoms with Crippen LogP contribution in [0.4, 0.5) is 10.1 Å². The Hall–Kier alpha value is -2.77. The lowest BCUT2D eigenvalue weighted by molar-refractivity contribution is -0.385. The highest BCUT2D eigenvalue weighted by molar-refractivity contribution is 5.91. The zero-order chi connectivity index (χ0) is 15.3. The number of hydrogen-bond acceptors (Lipinski definition) is 5. The number of rotatable bonds is 5. The number of carbonyl (C=O) groups excluding carboxylic acids is 1. The van der Waals surface area contributed by atoms with Crippen LogP contribution in [0.15, 0.2) is 18.2 Å². The molecule has 7 nitrogen and oxygen atoms in total. The van der Waals surface area contributed by atoms with E-state index in [0.717, 1.165) is 12.2 Å². The summed E-state index contributed by atoms with van der Waals surface area (Å²) in [5.41, 5.74) is -1.67. The minimum Gasteiger partial charge on any atom is -0.478 e. The number of carbonyl (C=O) groups is 2. The van der Waals surface area contributed by atoms with Crippen molar-refractivity contribution in [2.75, 3.05) is 6.61 Å². The highest BCUT2D eigenvalue weighted by Crippen LogP contribution is 2.24. The van der Waals surface area contributed by atoms with Crippen molar-refractivity contribution in [2.24, 2.45) is 0 Å². The number of nitro groups is 1. The molecular formula is C12H10FNO6. The molecule has 0 atom stereocenters. The second-order valence-corrected chi connectivity index (χ2v) is 3.54.